The van der Waals surface area contributed by atoms with Crippen molar-refractivity contribution in [1.29, 1.82) is 0 Å². The molecule has 1 fully saturated rings. The monoisotopic (exact) mass is 465 g/mol. The van der Waals surface area contributed by atoms with E-state index in [9.17, 15) is 9.59 Å². The van der Waals surface area contributed by atoms with Crippen molar-refractivity contribution in [2.45, 2.75) is 42.9 Å². The summed E-state index contributed by atoms with van der Waals surface area (Å²) in [5.41, 5.74) is 1.75. The molecule has 0 aliphatic carbocycles. The first kappa shape index (κ1) is 20.9. The molecular weight excluding hydrogens is 438 g/mol. The fourth-order valence-corrected chi connectivity index (χ4v) is 6.10. The highest BCUT2D eigenvalue weighted by Crippen LogP contribution is 2.32. The molecule has 1 saturated heterocycles. The van der Waals surface area contributed by atoms with Crippen LogP contribution in [-0.2, 0) is 13.1 Å². The van der Waals surface area contributed by atoms with E-state index in [1.807, 2.05) is 34.7 Å². The Hall–Kier alpha value is -2.62. The van der Waals surface area contributed by atoms with Gasteiger partial charge in [0, 0.05) is 48.9 Å². The second-order valence-electron chi connectivity index (χ2n) is 9.03. The number of nitrogens with one attached hydrogen (secondary N) is 1. The minimum atomic E-state index is -0.0343. The van der Waals surface area contributed by atoms with Crippen molar-refractivity contribution in [2.75, 3.05) is 32.0 Å². The highest BCUT2D eigenvalue weighted by molar-refractivity contribution is 7.99. The Morgan fingerprint density at radius 1 is 1.12 bits per heavy atom. The number of hydrogen-bond donors (Lipinski definition) is 1. The van der Waals surface area contributed by atoms with Crippen molar-refractivity contribution in [3.05, 3.63) is 62.9 Å². The van der Waals surface area contributed by atoms with Gasteiger partial charge < -0.3 is 15.0 Å². The van der Waals surface area contributed by atoms with Gasteiger partial charge in [-0.15, -0.1) is 11.8 Å². The molecule has 0 amide bonds. The summed E-state index contributed by atoms with van der Waals surface area (Å²) in [4.78, 5) is 33.2. The van der Waals surface area contributed by atoms with Crippen LogP contribution in [0.3, 0.4) is 0 Å². The number of thioether (sulfide) groups is 1. The Labute approximate surface area is 195 Å². The molecule has 0 radical (unpaired) electrons. The molecule has 3 aliphatic heterocycles. The smallest absolute Gasteiger partial charge is 0.252 e. The van der Waals surface area contributed by atoms with Crippen LogP contribution in [0.2, 0.25) is 0 Å². The second kappa shape index (κ2) is 8.62. The molecule has 1 atom stereocenters. The summed E-state index contributed by atoms with van der Waals surface area (Å²) < 4.78 is 9.22. The Kier molecular flexibility index (Phi) is 5.48. The summed E-state index contributed by atoms with van der Waals surface area (Å²) in [6.45, 7) is 4.83. The second-order valence-corrected chi connectivity index (χ2v) is 10.2. The first-order valence-corrected chi connectivity index (χ1v) is 12.6. The maximum absolute atomic E-state index is 12.6. The molecule has 9 heteroatoms. The molecule has 172 valence electrons. The van der Waals surface area contributed by atoms with Gasteiger partial charge in [-0.2, -0.15) is 0 Å². The first-order chi connectivity index (χ1) is 16.2. The van der Waals surface area contributed by atoms with E-state index in [2.05, 4.69) is 21.3 Å². The standard InChI is InChI=1S/C24H27N5O3S/c30-22-3-1-16-2-4-23(31)29-19(15-28(22)24(16)29)14-27-7-5-17(6-8-27)25-12-18-11-21-20(13-26-18)32-9-10-33-21/h1-4,11,13,17,19,25H,5-10,12,14-15H2/t19-/m1/s1. The van der Waals surface area contributed by atoms with Gasteiger partial charge in [0.1, 0.15) is 5.65 Å². The van der Waals surface area contributed by atoms with Crippen LogP contribution in [0.1, 0.15) is 24.6 Å². The Bertz CT molecular complexity index is 1310. The number of likely N-dealkylation sites (tertiary alicyclic amines) is 1. The lowest BCUT2D eigenvalue weighted by Gasteiger charge is -2.34. The first-order valence-electron chi connectivity index (χ1n) is 11.6. The van der Waals surface area contributed by atoms with Gasteiger partial charge in [0.25, 0.3) is 11.1 Å². The maximum atomic E-state index is 12.6. The Morgan fingerprint density at radius 2 is 1.94 bits per heavy atom. The molecule has 3 aromatic rings. The third kappa shape index (κ3) is 3.98. The van der Waals surface area contributed by atoms with E-state index in [0.29, 0.717) is 12.6 Å². The number of pyridine rings is 3. The highest BCUT2D eigenvalue weighted by atomic mass is 32.2. The molecule has 8 nitrogen and oxygen atoms in total. The van der Waals surface area contributed by atoms with Gasteiger partial charge in [-0.25, -0.2) is 0 Å². The largest absolute Gasteiger partial charge is 0.490 e. The Morgan fingerprint density at radius 3 is 2.79 bits per heavy atom. The summed E-state index contributed by atoms with van der Waals surface area (Å²) in [5, 5.41) is 4.61. The molecular formula is C24H27N5O3S. The number of aromatic nitrogens is 3. The molecule has 0 saturated carbocycles. The molecule has 3 aliphatic rings. The predicted octanol–water partition coefficient (Wildman–Crippen LogP) is 1.85. The zero-order chi connectivity index (χ0) is 22.4. The molecule has 6 rings (SSSR count). The van der Waals surface area contributed by atoms with Gasteiger partial charge in [0.05, 0.1) is 29.4 Å². The molecule has 33 heavy (non-hydrogen) atoms. The summed E-state index contributed by atoms with van der Waals surface area (Å²) in [5.74, 6) is 1.89. The van der Waals surface area contributed by atoms with Crippen molar-refractivity contribution in [3.8, 4) is 5.75 Å². The van der Waals surface area contributed by atoms with E-state index in [1.165, 1.54) is 4.90 Å². The van der Waals surface area contributed by atoms with Crippen LogP contribution in [0.15, 0.2) is 51.0 Å². The van der Waals surface area contributed by atoms with E-state index < -0.39 is 0 Å². The minimum absolute atomic E-state index is 0.000207. The van der Waals surface area contributed by atoms with Crippen LogP contribution in [0, 0.1) is 0 Å². The number of ether oxygens (including phenoxy) is 1. The van der Waals surface area contributed by atoms with Gasteiger partial charge in [0.2, 0.25) is 0 Å². The zero-order valence-corrected chi connectivity index (χ0v) is 19.2. The number of piperidine rings is 1. The lowest BCUT2D eigenvalue weighted by Crippen LogP contribution is -2.44. The van der Waals surface area contributed by atoms with E-state index in [-0.39, 0.29) is 17.2 Å². The van der Waals surface area contributed by atoms with Crippen LogP contribution in [0.25, 0.3) is 11.0 Å². The van der Waals surface area contributed by atoms with Crippen LogP contribution in [0.5, 0.6) is 5.75 Å². The molecule has 6 heterocycles. The zero-order valence-electron chi connectivity index (χ0n) is 18.4. The van der Waals surface area contributed by atoms with Crippen molar-refractivity contribution in [3.63, 3.8) is 0 Å². The van der Waals surface area contributed by atoms with Crippen molar-refractivity contribution < 1.29 is 4.74 Å². The third-order valence-corrected chi connectivity index (χ3v) is 7.93. The lowest BCUT2D eigenvalue weighted by molar-refractivity contribution is 0.171. The fourth-order valence-electron chi connectivity index (χ4n) is 5.24. The van der Waals surface area contributed by atoms with Crippen LogP contribution in [0.4, 0.5) is 0 Å². The average molecular weight is 466 g/mol. The fraction of sp³-hybridized carbons (Fsp3) is 0.458. The molecule has 3 aromatic heterocycles. The van der Waals surface area contributed by atoms with E-state index in [1.54, 1.807) is 16.7 Å². The quantitative estimate of drug-likeness (QED) is 0.616. The summed E-state index contributed by atoms with van der Waals surface area (Å²) in [7, 11) is 0. The molecule has 0 spiro atoms. The summed E-state index contributed by atoms with van der Waals surface area (Å²) in [6.07, 6.45) is 3.96. The summed E-state index contributed by atoms with van der Waals surface area (Å²) >= 11 is 1.83. The molecule has 0 unspecified atom stereocenters. The minimum Gasteiger partial charge on any atom is -0.490 e. The van der Waals surface area contributed by atoms with Crippen molar-refractivity contribution >= 4 is 22.8 Å². The molecule has 0 bridgehead atoms. The van der Waals surface area contributed by atoms with Crippen LogP contribution < -0.4 is 21.2 Å². The average Bonchev–Trinajstić information content (AvgIpc) is 3.23. The van der Waals surface area contributed by atoms with Gasteiger partial charge >= 0.3 is 0 Å². The lowest BCUT2D eigenvalue weighted by atomic mass is 10.0. The van der Waals surface area contributed by atoms with Gasteiger partial charge in [-0.1, -0.05) is 0 Å². The van der Waals surface area contributed by atoms with E-state index in [4.69, 9.17) is 4.74 Å². The topological polar surface area (TPSA) is 81.4 Å². The number of nitrogens with zero attached hydrogens (tertiary/aromatic N) is 4. The highest BCUT2D eigenvalue weighted by Gasteiger charge is 2.29. The predicted molar refractivity (Wildman–Crippen MR) is 128 cm³/mol. The van der Waals surface area contributed by atoms with Crippen molar-refractivity contribution in [2.24, 2.45) is 0 Å². The Balaban J connectivity index is 1.06. The van der Waals surface area contributed by atoms with Crippen LogP contribution in [-0.4, -0.2) is 57.1 Å². The summed E-state index contributed by atoms with van der Waals surface area (Å²) in [6, 6.07) is 9.43. The molecule has 1 N–H and O–H groups in total. The molecule has 0 aromatic carbocycles. The normalized spacial score (nSPS) is 20.7. The third-order valence-electron chi connectivity index (χ3n) is 6.93. The van der Waals surface area contributed by atoms with Gasteiger partial charge in [0.15, 0.2) is 5.75 Å². The van der Waals surface area contributed by atoms with Gasteiger partial charge in [-0.3, -0.25) is 23.7 Å². The number of fused-ring (bicyclic) bond motifs is 1. The van der Waals surface area contributed by atoms with Gasteiger partial charge in [-0.05, 0) is 44.1 Å². The van der Waals surface area contributed by atoms with Crippen LogP contribution >= 0.6 is 11.8 Å². The van der Waals surface area contributed by atoms with E-state index >= 15 is 0 Å². The number of hydrogen-bond acceptors (Lipinski definition) is 7. The number of rotatable bonds is 5. The van der Waals surface area contributed by atoms with E-state index in [0.717, 1.165) is 73.9 Å². The van der Waals surface area contributed by atoms with Crippen molar-refractivity contribution in [1.82, 2.24) is 24.3 Å². The SMILES string of the molecule is O=c1ccc2ccc(=O)n3c2n1C[C@H]3CN1CCC(NCc2cc3c(cn2)OCCS3)CC1. The maximum Gasteiger partial charge on any atom is 0.252 e.